The van der Waals surface area contributed by atoms with Crippen LogP contribution in [-0.2, 0) is 4.79 Å². The summed E-state index contributed by atoms with van der Waals surface area (Å²) in [5.74, 6) is -0.635. The number of carbonyl (C=O) groups excluding carboxylic acids is 2. The third-order valence-electron chi connectivity index (χ3n) is 4.71. The molecule has 0 aliphatic heterocycles. The zero-order valence-corrected chi connectivity index (χ0v) is 16.0. The molecule has 6 heteroatoms. The van der Waals surface area contributed by atoms with E-state index in [2.05, 4.69) is 10.6 Å². The Bertz CT molecular complexity index is 951. The van der Waals surface area contributed by atoms with Gasteiger partial charge in [0.25, 0.3) is 5.91 Å². The molecule has 0 spiro atoms. The fraction of sp³-hybridized carbons (Fsp3) is 0.273. The monoisotopic (exact) mass is 379 g/mol. The van der Waals surface area contributed by atoms with Gasteiger partial charge in [0.05, 0.1) is 12.3 Å². The van der Waals surface area contributed by atoms with Gasteiger partial charge in [-0.1, -0.05) is 50.2 Å². The summed E-state index contributed by atoms with van der Waals surface area (Å²) in [5, 5.41) is 7.92. The van der Waals surface area contributed by atoms with E-state index in [0.717, 1.165) is 16.3 Å². The van der Waals surface area contributed by atoms with Crippen LogP contribution >= 0.6 is 0 Å². The molecular weight excluding hydrogens is 354 g/mol. The topological polar surface area (TPSA) is 97.4 Å². The summed E-state index contributed by atoms with van der Waals surface area (Å²) in [6.45, 7) is 4.00. The molecule has 0 radical (unpaired) electrons. The van der Waals surface area contributed by atoms with Crippen LogP contribution < -0.4 is 16.4 Å². The number of hydrogen-bond acceptors (Lipinski definition) is 4. The number of benzene rings is 2. The summed E-state index contributed by atoms with van der Waals surface area (Å²) in [6.07, 6.45) is 1.42. The Hall–Kier alpha value is -3.12. The normalized spacial score (nSPS) is 13.3. The average molecular weight is 379 g/mol. The Morgan fingerprint density at radius 2 is 1.75 bits per heavy atom. The summed E-state index contributed by atoms with van der Waals surface area (Å²) in [4.78, 5) is 25.2. The van der Waals surface area contributed by atoms with Crippen molar-refractivity contribution in [3.63, 3.8) is 0 Å². The van der Waals surface area contributed by atoms with Crippen molar-refractivity contribution in [3.05, 3.63) is 72.2 Å². The molecule has 2 unspecified atom stereocenters. The van der Waals surface area contributed by atoms with Crippen LogP contribution in [0.5, 0.6) is 0 Å². The largest absolute Gasteiger partial charge is 0.459 e. The van der Waals surface area contributed by atoms with Crippen molar-refractivity contribution in [2.45, 2.75) is 25.9 Å². The molecule has 6 nitrogen and oxygen atoms in total. The van der Waals surface area contributed by atoms with Crippen LogP contribution in [0.15, 0.2) is 65.3 Å². The molecule has 0 saturated carbocycles. The van der Waals surface area contributed by atoms with Crippen molar-refractivity contribution in [2.24, 2.45) is 11.7 Å². The quantitative estimate of drug-likeness (QED) is 0.588. The first-order valence-corrected chi connectivity index (χ1v) is 9.33. The molecular formula is C22H25N3O3. The number of carbonyl (C=O) groups is 2. The molecule has 0 saturated heterocycles. The van der Waals surface area contributed by atoms with E-state index in [-0.39, 0.29) is 30.2 Å². The zero-order chi connectivity index (χ0) is 20.1. The van der Waals surface area contributed by atoms with E-state index >= 15 is 0 Å². The molecule has 146 valence electrons. The molecule has 0 aliphatic carbocycles. The Morgan fingerprint density at radius 3 is 2.39 bits per heavy atom. The standard InChI is InChI=1S/C22H25N3O3/c1-14(2)20(25-21(26)19-8-5-11-28-19)22(27)24-18(13-23)17-10-9-15-6-3-4-7-16(15)12-17/h3-12,14,18,20H,13,23H2,1-2H3,(H,24,27)(H,25,26). The van der Waals surface area contributed by atoms with E-state index < -0.39 is 11.9 Å². The minimum atomic E-state index is -0.702. The Kier molecular flexibility index (Phi) is 6.11. The number of hydrogen-bond donors (Lipinski definition) is 3. The molecule has 2 aromatic carbocycles. The number of furan rings is 1. The summed E-state index contributed by atoms with van der Waals surface area (Å²) in [7, 11) is 0. The van der Waals surface area contributed by atoms with Gasteiger partial charge in [-0.3, -0.25) is 9.59 Å². The van der Waals surface area contributed by atoms with Crippen LogP contribution in [0.3, 0.4) is 0 Å². The van der Waals surface area contributed by atoms with Gasteiger partial charge >= 0.3 is 0 Å². The number of nitrogens with one attached hydrogen (secondary N) is 2. The second-order valence-corrected chi connectivity index (χ2v) is 7.08. The SMILES string of the molecule is CC(C)C(NC(=O)c1ccco1)C(=O)NC(CN)c1ccc2ccccc2c1. The highest BCUT2D eigenvalue weighted by Crippen LogP contribution is 2.20. The lowest BCUT2D eigenvalue weighted by atomic mass is 9.99. The van der Waals surface area contributed by atoms with Crippen LogP contribution in [-0.4, -0.2) is 24.4 Å². The maximum Gasteiger partial charge on any atom is 0.287 e. The maximum atomic E-state index is 12.9. The van der Waals surface area contributed by atoms with Crippen LogP contribution in [0.4, 0.5) is 0 Å². The molecule has 3 rings (SSSR count). The third-order valence-corrected chi connectivity index (χ3v) is 4.71. The van der Waals surface area contributed by atoms with Crippen molar-refractivity contribution in [1.29, 1.82) is 0 Å². The van der Waals surface area contributed by atoms with Crippen molar-refractivity contribution in [2.75, 3.05) is 6.54 Å². The van der Waals surface area contributed by atoms with Crippen molar-refractivity contribution < 1.29 is 14.0 Å². The second-order valence-electron chi connectivity index (χ2n) is 7.08. The van der Waals surface area contributed by atoms with Crippen molar-refractivity contribution in [3.8, 4) is 0 Å². The highest BCUT2D eigenvalue weighted by Gasteiger charge is 2.27. The van der Waals surface area contributed by atoms with E-state index in [9.17, 15) is 9.59 Å². The zero-order valence-electron chi connectivity index (χ0n) is 16.0. The van der Waals surface area contributed by atoms with Crippen LogP contribution in [0.1, 0.15) is 36.0 Å². The van der Waals surface area contributed by atoms with Gasteiger partial charge in [0, 0.05) is 6.54 Å². The minimum Gasteiger partial charge on any atom is -0.459 e. The van der Waals surface area contributed by atoms with Gasteiger partial charge in [-0.2, -0.15) is 0 Å². The average Bonchev–Trinajstić information content (AvgIpc) is 3.24. The molecule has 2 atom stereocenters. The highest BCUT2D eigenvalue weighted by atomic mass is 16.3. The van der Waals surface area contributed by atoms with Crippen LogP contribution in [0, 0.1) is 5.92 Å². The van der Waals surface area contributed by atoms with E-state index in [1.165, 1.54) is 6.26 Å². The van der Waals surface area contributed by atoms with Crippen molar-refractivity contribution in [1.82, 2.24) is 10.6 Å². The van der Waals surface area contributed by atoms with E-state index in [4.69, 9.17) is 10.2 Å². The molecule has 4 N–H and O–H groups in total. The molecule has 0 fully saturated rings. The smallest absolute Gasteiger partial charge is 0.287 e. The summed E-state index contributed by atoms with van der Waals surface area (Å²) in [5.41, 5.74) is 6.86. The lowest BCUT2D eigenvalue weighted by Crippen LogP contribution is -2.51. The second kappa shape index (κ2) is 8.71. The van der Waals surface area contributed by atoms with Gasteiger partial charge < -0.3 is 20.8 Å². The lowest BCUT2D eigenvalue weighted by Gasteiger charge is -2.25. The van der Waals surface area contributed by atoms with Gasteiger partial charge in [-0.05, 0) is 40.5 Å². The van der Waals surface area contributed by atoms with Gasteiger partial charge in [-0.15, -0.1) is 0 Å². The molecule has 0 bridgehead atoms. The van der Waals surface area contributed by atoms with Crippen molar-refractivity contribution >= 4 is 22.6 Å². The Labute approximate surface area is 164 Å². The van der Waals surface area contributed by atoms with Gasteiger partial charge in [0.1, 0.15) is 6.04 Å². The minimum absolute atomic E-state index is 0.103. The first kappa shape index (κ1) is 19.6. The first-order chi connectivity index (χ1) is 13.5. The fourth-order valence-electron chi connectivity index (χ4n) is 3.12. The predicted molar refractivity (Wildman–Crippen MR) is 109 cm³/mol. The first-order valence-electron chi connectivity index (χ1n) is 9.33. The Morgan fingerprint density at radius 1 is 1.00 bits per heavy atom. The number of nitrogens with two attached hydrogens (primary N) is 1. The fourth-order valence-corrected chi connectivity index (χ4v) is 3.12. The molecule has 1 aromatic heterocycles. The molecule has 1 heterocycles. The Balaban J connectivity index is 1.75. The van der Waals surface area contributed by atoms with Crippen LogP contribution in [0.2, 0.25) is 0 Å². The summed E-state index contributed by atoms with van der Waals surface area (Å²) >= 11 is 0. The predicted octanol–water partition coefficient (Wildman–Crippen LogP) is 3.00. The number of amides is 2. The van der Waals surface area contributed by atoms with E-state index in [1.807, 2.05) is 56.3 Å². The lowest BCUT2D eigenvalue weighted by molar-refractivity contribution is -0.124. The third kappa shape index (κ3) is 4.40. The highest BCUT2D eigenvalue weighted by molar-refractivity contribution is 5.95. The summed E-state index contributed by atoms with van der Waals surface area (Å²) < 4.78 is 5.10. The molecule has 0 aliphatic rings. The van der Waals surface area contributed by atoms with Gasteiger partial charge in [-0.25, -0.2) is 0 Å². The van der Waals surface area contributed by atoms with Gasteiger partial charge in [0.2, 0.25) is 5.91 Å². The molecule has 2 amide bonds. The molecule has 3 aromatic rings. The van der Waals surface area contributed by atoms with E-state index in [1.54, 1.807) is 12.1 Å². The van der Waals surface area contributed by atoms with Gasteiger partial charge in [0.15, 0.2) is 5.76 Å². The number of rotatable bonds is 7. The maximum absolute atomic E-state index is 12.9. The van der Waals surface area contributed by atoms with E-state index in [0.29, 0.717) is 0 Å². The molecule has 28 heavy (non-hydrogen) atoms. The number of fused-ring (bicyclic) bond motifs is 1. The van der Waals surface area contributed by atoms with Crippen LogP contribution in [0.25, 0.3) is 10.8 Å². The summed E-state index contributed by atoms with van der Waals surface area (Å²) in [6, 6.07) is 16.2.